The third kappa shape index (κ3) is 7.03. The molecule has 162 valence electrons. The second kappa shape index (κ2) is 12.0. The molecule has 0 radical (unpaired) electrons. The Morgan fingerprint density at radius 3 is 2.43 bits per heavy atom. The highest BCUT2D eigenvalue weighted by molar-refractivity contribution is 7.99. The van der Waals surface area contributed by atoms with Crippen molar-refractivity contribution in [1.82, 2.24) is 10.2 Å². The van der Waals surface area contributed by atoms with Crippen LogP contribution in [0.15, 0.2) is 48.5 Å². The molecule has 0 aromatic heterocycles. The quantitative estimate of drug-likeness (QED) is 0.551. The Kier molecular flexibility index (Phi) is 9.66. The number of halogens is 2. The summed E-state index contributed by atoms with van der Waals surface area (Å²) in [5.74, 6) is -0.304. The number of carbonyl (C=O) groups is 2. The molecule has 1 unspecified atom stereocenters. The molecule has 30 heavy (non-hydrogen) atoms. The van der Waals surface area contributed by atoms with E-state index < -0.39 is 6.04 Å². The van der Waals surface area contributed by atoms with Gasteiger partial charge in [0.2, 0.25) is 11.8 Å². The summed E-state index contributed by atoms with van der Waals surface area (Å²) in [6.45, 7) is 6.01. The van der Waals surface area contributed by atoms with Gasteiger partial charge in [-0.2, -0.15) is 0 Å². The second-order valence-electron chi connectivity index (χ2n) is 7.29. The molecule has 2 amide bonds. The van der Waals surface area contributed by atoms with Crippen LogP contribution in [0, 0.1) is 5.82 Å². The average molecular weight is 451 g/mol. The first-order chi connectivity index (χ1) is 14.3. The first kappa shape index (κ1) is 24.2. The van der Waals surface area contributed by atoms with E-state index in [0.717, 1.165) is 5.56 Å². The summed E-state index contributed by atoms with van der Waals surface area (Å²) in [4.78, 5) is 27.4. The van der Waals surface area contributed by atoms with Crippen molar-refractivity contribution in [2.75, 3.05) is 5.75 Å². The van der Waals surface area contributed by atoms with E-state index in [4.69, 9.17) is 11.6 Å². The number of nitrogens with one attached hydrogen (secondary N) is 1. The van der Waals surface area contributed by atoms with E-state index in [9.17, 15) is 14.0 Å². The number of nitrogens with zero attached hydrogens (tertiary/aromatic N) is 1. The van der Waals surface area contributed by atoms with Crippen molar-refractivity contribution >= 4 is 35.2 Å². The zero-order valence-electron chi connectivity index (χ0n) is 17.5. The van der Waals surface area contributed by atoms with Gasteiger partial charge in [0.1, 0.15) is 11.9 Å². The summed E-state index contributed by atoms with van der Waals surface area (Å²) < 4.78 is 14.0. The molecule has 0 saturated heterocycles. The highest BCUT2D eigenvalue weighted by Gasteiger charge is 2.28. The first-order valence-corrected chi connectivity index (χ1v) is 11.5. The predicted molar refractivity (Wildman–Crippen MR) is 122 cm³/mol. The van der Waals surface area contributed by atoms with Gasteiger partial charge in [-0.25, -0.2) is 4.39 Å². The highest BCUT2D eigenvalue weighted by atomic mass is 35.5. The molecule has 0 aliphatic rings. The van der Waals surface area contributed by atoms with Crippen LogP contribution in [0.4, 0.5) is 4.39 Å². The number of thioether (sulfide) groups is 1. The van der Waals surface area contributed by atoms with Gasteiger partial charge in [-0.15, -0.1) is 11.8 Å². The number of amides is 2. The molecule has 4 nitrogen and oxygen atoms in total. The molecular weight excluding hydrogens is 423 g/mol. The molecule has 0 heterocycles. The minimum Gasteiger partial charge on any atom is -0.352 e. The Hall–Kier alpha value is -2.05. The lowest BCUT2D eigenvalue weighted by molar-refractivity contribution is -0.139. The van der Waals surface area contributed by atoms with Crippen LogP contribution in [0.1, 0.15) is 38.3 Å². The van der Waals surface area contributed by atoms with Crippen LogP contribution in [0.5, 0.6) is 0 Å². The monoisotopic (exact) mass is 450 g/mol. The Bertz CT molecular complexity index is 828. The Morgan fingerprint density at radius 2 is 1.83 bits per heavy atom. The molecule has 1 atom stereocenters. The van der Waals surface area contributed by atoms with Crippen molar-refractivity contribution < 1.29 is 14.0 Å². The summed E-state index contributed by atoms with van der Waals surface area (Å²) in [6, 6.07) is 13.5. The van der Waals surface area contributed by atoms with Crippen LogP contribution in [0.25, 0.3) is 0 Å². The van der Waals surface area contributed by atoms with Gasteiger partial charge in [0.05, 0.1) is 5.75 Å². The maximum Gasteiger partial charge on any atom is 0.243 e. The van der Waals surface area contributed by atoms with Gasteiger partial charge in [-0.1, -0.05) is 54.9 Å². The van der Waals surface area contributed by atoms with Gasteiger partial charge < -0.3 is 10.2 Å². The largest absolute Gasteiger partial charge is 0.352 e. The van der Waals surface area contributed by atoms with Crippen molar-refractivity contribution in [3.63, 3.8) is 0 Å². The van der Waals surface area contributed by atoms with Crippen LogP contribution in [-0.2, 0) is 21.9 Å². The summed E-state index contributed by atoms with van der Waals surface area (Å²) in [6.07, 6.45) is 0.501. The minimum atomic E-state index is -0.572. The molecule has 0 spiro atoms. The molecule has 2 rings (SSSR count). The van der Waals surface area contributed by atoms with E-state index in [1.165, 1.54) is 17.8 Å². The van der Waals surface area contributed by atoms with Gasteiger partial charge in [0.15, 0.2) is 0 Å². The molecule has 0 fully saturated rings. The topological polar surface area (TPSA) is 49.4 Å². The van der Waals surface area contributed by atoms with Gasteiger partial charge in [-0.05, 0) is 38.0 Å². The lowest BCUT2D eigenvalue weighted by Crippen LogP contribution is -2.50. The van der Waals surface area contributed by atoms with Gasteiger partial charge in [0.25, 0.3) is 0 Å². The number of carbonyl (C=O) groups excluding carboxylic acids is 2. The van der Waals surface area contributed by atoms with E-state index in [0.29, 0.717) is 23.6 Å². The smallest absolute Gasteiger partial charge is 0.243 e. The summed E-state index contributed by atoms with van der Waals surface area (Å²) in [5, 5.41) is 3.25. The maximum absolute atomic E-state index is 14.0. The van der Waals surface area contributed by atoms with E-state index in [1.807, 2.05) is 51.1 Å². The molecule has 0 saturated carbocycles. The zero-order valence-corrected chi connectivity index (χ0v) is 19.1. The summed E-state index contributed by atoms with van der Waals surface area (Å²) >= 11 is 7.36. The number of hydrogen-bond acceptors (Lipinski definition) is 3. The Labute approximate surface area is 187 Å². The Morgan fingerprint density at radius 1 is 1.13 bits per heavy atom. The third-order valence-electron chi connectivity index (χ3n) is 4.55. The van der Waals surface area contributed by atoms with Crippen LogP contribution in [0.3, 0.4) is 0 Å². The first-order valence-electron chi connectivity index (χ1n) is 9.97. The average Bonchev–Trinajstić information content (AvgIpc) is 2.70. The van der Waals surface area contributed by atoms with Crippen molar-refractivity contribution in [3.8, 4) is 0 Å². The molecular formula is C23H28ClFN2O2S. The minimum absolute atomic E-state index is 0.0159. The highest BCUT2D eigenvalue weighted by Crippen LogP contribution is 2.24. The molecule has 2 aromatic carbocycles. The molecule has 0 aliphatic heterocycles. The van der Waals surface area contributed by atoms with E-state index >= 15 is 0 Å². The lowest BCUT2D eigenvalue weighted by atomic mass is 10.1. The standard InChI is InChI=1S/C23H28ClFN2O2S/c1-4-21(23(29)26-16(2)3)27(13-17-9-6-5-7-10-17)22(28)15-30-14-18-19(24)11-8-12-20(18)25/h5-12,16,21H,4,13-15H2,1-3H3,(H,26,29). The van der Waals surface area contributed by atoms with E-state index in [-0.39, 0.29) is 35.2 Å². The van der Waals surface area contributed by atoms with Gasteiger partial charge in [0, 0.05) is 28.9 Å². The fourth-order valence-corrected chi connectivity index (χ4v) is 4.32. The molecule has 0 aliphatic carbocycles. The Balaban J connectivity index is 2.13. The normalized spacial score (nSPS) is 11.9. The van der Waals surface area contributed by atoms with E-state index in [2.05, 4.69) is 5.32 Å². The zero-order chi connectivity index (χ0) is 22.1. The molecule has 7 heteroatoms. The van der Waals surface area contributed by atoms with Crippen LogP contribution in [-0.4, -0.2) is 34.6 Å². The fraction of sp³-hybridized carbons (Fsp3) is 0.391. The molecule has 1 N–H and O–H groups in total. The number of rotatable bonds is 10. The number of benzene rings is 2. The van der Waals surface area contributed by atoms with Crippen molar-refractivity contribution in [2.45, 2.75) is 51.6 Å². The van der Waals surface area contributed by atoms with Gasteiger partial charge in [-0.3, -0.25) is 9.59 Å². The summed E-state index contributed by atoms with van der Waals surface area (Å²) in [5.41, 5.74) is 1.33. The van der Waals surface area contributed by atoms with Crippen LogP contribution >= 0.6 is 23.4 Å². The van der Waals surface area contributed by atoms with Crippen molar-refractivity contribution in [3.05, 3.63) is 70.5 Å². The van der Waals surface area contributed by atoms with Crippen molar-refractivity contribution in [2.24, 2.45) is 0 Å². The fourth-order valence-electron chi connectivity index (χ4n) is 3.07. The van der Waals surface area contributed by atoms with Gasteiger partial charge >= 0.3 is 0 Å². The SMILES string of the molecule is CCC(C(=O)NC(C)C)N(Cc1ccccc1)C(=O)CSCc1c(F)cccc1Cl. The van der Waals surface area contributed by atoms with Crippen molar-refractivity contribution in [1.29, 1.82) is 0 Å². The molecule has 2 aromatic rings. The van der Waals surface area contributed by atoms with Crippen LogP contribution < -0.4 is 5.32 Å². The van der Waals surface area contributed by atoms with Crippen LogP contribution in [0.2, 0.25) is 5.02 Å². The lowest BCUT2D eigenvalue weighted by Gasteiger charge is -2.31. The third-order valence-corrected chi connectivity index (χ3v) is 5.84. The van der Waals surface area contributed by atoms with E-state index in [1.54, 1.807) is 17.0 Å². The predicted octanol–water partition coefficient (Wildman–Crippen LogP) is 5.04. The molecule has 0 bridgehead atoms. The summed E-state index contributed by atoms with van der Waals surface area (Å²) in [7, 11) is 0. The second-order valence-corrected chi connectivity index (χ2v) is 8.68. The number of hydrogen-bond donors (Lipinski definition) is 1. The maximum atomic E-state index is 14.0.